The number of benzene rings is 2. The Kier molecular flexibility index (Phi) is 7.10. The van der Waals surface area contributed by atoms with Crippen molar-refractivity contribution in [3.05, 3.63) is 93.9 Å². The second-order valence-corrected chi connectivity index (χ2v) is 9.15. The van der Waals surface area contributed by atoms with Crippen molar-refractivity contribution >= 4 is 27.7 Å². The summed E-state index contributed by atoms with van der Waals surface area (Å²) in [6.07, 6.45) is 2.62. The van der Waals surface area contributed by atoms with Gasteiger partial charge in [0.15, 0.2) is 0 Å². The number of hydrogen-bond donors (Lipinski definition) is 0. The van der Waals surface area contributed by atoms with Gasteiger partial charge in [0.1, 0.15) is 18.1 Å². The Morgan fingerprint density at radius 1 is 1.03 bits per heavy atom. The normalized spacial score (nSPS) is 13.1. The quantitative estimate of drug-likeness (QED) is 0.409. The lowest BCUT2D eigenvalue weighted by Crippen LogP contribution is -2.44. The van der Waals surface area contributed by atoms with E-state index in [1.165, 1.54) is 5.56 Å². The maximum Gasteiger partial charge on any atom is 0.254 e. The van der Waals surface area contributed by atoms with E-state index in [2.05, 4.69) is 28.1 Å². The maximum absolute atomic E-state index is 13.4. The first kappa shape index (κ1) is 22.3. The van der Waals surface area contributed by atoms with Crippen molar-refractivity contribution in [2.24, 2.45) is 0 Å². The molecule has 2 amide bonds. The first-order valence-corrected chi connectivity index (χ1v) is 11.7. The second-order valence-electron chi connectivity index (χ2n) is 8.24. The molecule has 4 rings (SSSR count). The lowest BCUT2D eigenvalue weighted by Gasteiger charge is -2.27. The summed E-state index contributed by atoms with van der Waals surface area (Å²) in [4.78, 5) is 30.1. The van der Waals surface area contributed by atoms with Crippen LogP contribution in [0.1, 0.15) is 40.3 Å². The number of furan rings is 1. The van der Waals surface area contributed by atoms with Crippen molar-refractivity contribution in [2.75, 3.05) is 13.1 Å². The third-order valence-corrected chi connectivity index (χ3v) is 6.13. The molecule has 1 heterocycles. The van der Waals surface area contributed by atoms with Gasteiger partial charge in [-0.3, -0.25) is 9.59 Å². The predicted molar refractivity (Wildman–Crippen MR) is 127 cm³/mol. The minimum absolute atomic E-state index is 0.0646. The van der Waals surface area contributed by atoms with E-state index in [1.807, 2.05) is 49.4 Å². The van der Waals surface area contributed by atoms with Gasteiger partial charge in [-0.1, -0.05) is 52.3 Å². The van der Waals surface area contributed by atoms with Gasteiger partial charge in [-0.05, 0) is 62.1 Å². The van der Waals surface area contributed by atoms with Gasteiger partial charge in [0.2, 0.25) is 5.91 Å². The van der Waals surface area contributed by atoms with Crippen LogP contribution < -0.4 is 0 Å². The third kappa shape index (κ3) is 5.88. The number of carbonyl (C=O) groups excluding carboxylic acids is 2. The summed E-state index contributed by atoms with van der Waals surface area (Å²) >= 11 is 3.43. The first-order valence-electron chi connectivity index (χ1n) is 10.9. The number of aryl methyl sites for hydroxylation is 1. The van der Waals surface area contributed by atoms with Crippen LogP contribution in [0.5, 0.6) is 0 Å². The van der Waals surface area contributed by atoms with Crippen molar-refractivity contribution < 1.29 is 14.0 Å². The standard InChI is InChI=1S/C26H27BrN2O3/c1-19-10-13-24(32-19)17-28(15-14-20-6-3-2-4-7-20)25(30)18-29(23-11-12-23)26(31)21-8-5-9-22(27)16-21/h2-10,13,16,23H,11-12,14-15,17-18H2,1H3. The molecule has 32 heavy (non-hydrogen) atoms. The number of nitrogens with zero attached hydrogens (tertiary/aromatic N) is 2. The van der Waals surface area contributed by atoms with Gasteiger partial charge in [-0.25, -0.2) is 0 Å². The second kappa shape index (κ2) is 10.2. The molecule has 0 aliphatic heterocycles. The molecule has 1 aliphatic carbocycles. The first-order chi connectivity index (χ1) is 15.5. The average molecular weight is 495 g/mol. The number of hydrogen-bond acceptors (Lipinski definition) is 3. The van der Waals surface area contributed by atoms with E-state index in [9.17, 15) is 9.59 Å². The lowest BCUT2D eigenvalue weighted by atomic mass is 10.1. The van der Waals surface area contributed by atoms with Gasteiger partial charge in [-0.15, -0.1) is 0 Å². The highest BCUT2D eigenvalue weighted by atomic mass is 79.9. The minimum atomic E-state index is -0.0981. The topological polar surface area (TPSA) is 53.8 Å². The van der Waals surface area contributed by atoms with Crippen LogP contribution in [-0.2, 0) is 17.8 Å². The fourth-order valence-corrected chi connectivity index (χ4v) is 4.14. The molecule has 0 N–H and O–H groups in total. The van der Waals surface area contributed by atoms with Crippen molar-refractivity contribution in [2.45, 2.75) is 38.8 Å². The summed E-state index contributed by atoms with van der Waals surface area (Å²) in [6.45, 7) is 2.92. The number of amides is 2. The average Bonchev–Trinajstić information content (AvgIpc) is 3.56. The molecule has 0 atom stereocenters. The molecule has 6 heteroatoms. The summed E-state index contributed by atoms with van der Waals surface area (Å²) in [5.74, 6) is 1.41. The van der Waals surface area contributed by atoms with Crippen molar-refractivity contribution in [1.29, 1.82) is 0 Å². The molecule has 0 bridgehead atoms. The Morgan fingerprint density at radius 3 is 2.47 bits per heavy atom. The number of carbonyl (C=O) groups is 2. The van der Waals surface area contributed by atoms with Crippen molar-refractivity contribution in [3.8, 4) is 0 Å². The van der Waals surface area contributed by atoms with E-state index in [1.54, 1.807) is 21.9 Å². The molecular formula is C26H27BrN2O3. The van der Waals surface area contributed by atoms with Gasteiger partial charge in [0, 0.05) is 22.6 Å². The van der Waals surface area contributed by atoms with E-state index in [0.717, 1.165) is 35.3 Å². The Labute approximate surface area is 197 Å². The molecule has 0 spiro atoms. The number of halogens is 1. The van der Waals surface area contributed by atoms with E-state index in [0.29, 0.717) is 18.7 Å². The Hall–Kier alpha value is -2.86. The molecule has 0 radical (unpaired) electrons. The fraction of sp³-hybridized carbons (Fsp3) is 0.308. The summed E-state index contributed by atoms with van der Waals surface area (Å²) in [5, 5.41) is 0. The lowest BCUT2D eigenvalue weighted by molar-refractivity contribution is -0.132. The van der Waals surface area contributed by atoms with E-state index in [-0.39, 0.29) is 24.4 Å². The van der Waals surface area contributed by atoms with Gasteiger partial charge in [-0.2, -0.15) is 0 Å². The zero-order valence-corrected chi connectivity index (χ0v) is 19.8. The van der Waals surface area contributed by atoms with Crippen LogP contribution in [0.25, 0.3) is 0 Å². The highest BCUT2D eigenvalue weighted by Crippen LogP contribution is 2.29. The molecule has 5 nitrogen and oxygen atoms in total. The van der Waals surface area contributed by atoms with Gasteiger partial charge >= 0.3 is 0 Å². The van der Waals surface area contributed by atoms with Crippen LogP contribution in [0.4, 0.5) is 0 Å². The summed E-state index contributed by atoms with van der Waals surface area (Å²) in [6, 6.07) is 21.4. The third-order valence-electron chi connectivity index (χ3n) is 5.63. The SMILES string of the molecule is Cc1ccc(CN(CCc2ccccc2)C(=O)CN(C(=O)c2cccc(Br)c2)C2CC2)o1. The van der Waals surface area contributed by atoms with Gasteiger partial charge < -0.3 is 14.2 Å². The van der Waals surface area contributed by atoms with Crippen molar-refractivity contribution in [1.82, 2.24) is 9.80 Å². The highest BCUT2D eigenvalue weighted by Gasteiger charge is 2.35. The molecule has 2 aromatic carbocycles. The summed E-state index contributed by atoms with van der Waals surface area (Å²) in [5.41, 5.74) is 1.77. The van der Waals surface area contributed by atoms with Crippen LogP contribution in [0.2, 0.25) is 0 Å². The Bertz CT molecular complexity index is 1080. The maximum atomic E-state index is 13.4. The molecule has 3 aromatic rings. The molecule has 0 unspecified atom stereocenters. The molecule has 1 fully saturated rings. The summed E-state index contributed by atoms with van der Waals surface area (Å²) < 4.78 is 6.58. The molecular weight excluding hydrogens is 468 g/mol. The van der Waals surface area contributed by atoms with Crippen LogP contribution in [0.3, 0.4) is 0 Å². The molecule has 166 valence electrons. The smallest absolute Gasteiger partial charge is 0.254 e. The Balaban J connectivity index is 1.49. The van der Waals surface area contributed by atoms with E-state index in [4.69, 9.17) is 4.42 Å². The number of rotatable bonds is 9. The molecule has 1 aliphatic rings. The molecule has 1 saturated carbocycles. The zero-order valence-electron chi connectivity index (χ0n) is 18.2. The Morgan fingerprint density at radius 2 is 1.81 bits per heavy atom. The van der Waals surface area contributed by atoms with Crippen molar-refractivity contribution in [3.63, 3.8) is 0 Å². The highest BCUT2D eigenvalue weighted by molar-refractivity contribution is 9.10. The van der Waals surface area contributed by atoms with Gasteiger partial charge in [0.05, 0.1) is 6.54 Å². The minimum Gasteiger partial charge on any atom is -0.464 e. The fourth-order valence-electron chi connectivity index (χ4n) is 3.74. The van der Waals surface area contributed by atoms with Crippen LogP contribution >= 0.6 is 15.9 Å². The van der Waals surface area contributed by atoms with Crippen LogP contribution in [-0.4, -0.2) is 40.7 Å². The predicted octanol–water partition coefficient (Wildman–Crippen LogP) is 5.23. The zero-order chi connectivity index (χ0) is 22.5. The van der Waals surface area contributed by atoms with E-state index < -0.39 is 0 Å². The van der Waals surface area contributed by atoms with Crippen LogP contribution in [0.15, 0.2) is 75.6 Å². The largest absolute Gasteiger partial charge is 0.464 e. The van der Waals surface area contributed by atoms with E-state index >= 15 is 0 Å². The monoisotopic (exact) mass is 494 g/mol. The molecule has 0 saturated heterocycles. The van der Waals surface area contributed by atoms with Crippen LogP contribution in [0, 0.1) is 6.92 Å². The van der Waals surface area contributed by atoms with Gasteiger partial charge in [0.25, 0.3) is 5.91 Å². The molecule has 1 aromatic heterocycles. The summed E-state index contributed by atoms with van der Waals surface area (Å²) in [7, 11) is 0.